The van der Waals surface area contributed by atoms with E-state index in [1.54, 1.807) is 41.2 Å². The number of carbonyl (C=O) groups is 1. The zero-order valence-electron chi connectivity index (χ0n) is 17.6. The molecule has 5 aromatic rings. The van der Waals surface area contributed by atoms with Crippen LogP contribution in [0.2, 0.25) is 0 Å². The number of hydrogen-bond acceptors (Lipinski definition) is 8. The molecule has 166 valence electrons. The lowest BCUT2D eigenvalue weighted by molar-refractivity contribution is 0.0941. The number of nitrogens with one attached hydrogen (secondary N) is 2. The van der Waals surface area contributed by atoms with E-state index in [1.165, 1.54) is 0 Å². The summed E-state index contributed by atoms with van der Waals surface area (Å²) in [5, 5.41) is 24.6. The van der Waals surface area contributed by atoms with Gasteiger partial charge in [-0.2, -0.15) is 9.61 Å². The molecule has 0 aliphatic carbocycles. The molecule has 11 heteroatoms. The molecule has 0 aliphatic heterocycles. The molecule has 0 spiro atoms. The fraction of sp³-hybridized carbons (Fsp3) is 0.136. The number of carbonyl (C=O) groups excluding carboxylic acids is 1. The highest BCUT2D eigenvalue weighted by Crippen LogP contribution is 2.23. The van der Waals surface area contributed by atoms with Gasteiger partial charge in [-0.15, -0.1) is 26.6 Å². The Kier molecular flexibility index (Phi) is 5.68. The molecule has 0 atom stereocenters. The van der Waals surface area contributed by atoms with E-state index in [2.05, 4.69) is 30.8 Å². The minimum absolute atomic E-state index is 0.243. The van der Waals surface area contributed by atoms with Crippen LogP contribution in [0.4, 0.5) is 0 Å². The predicted molar refractivity (Wildman–Crippen MR) is 122 cm³/mol. The molecular formula is C22H19N7O3S. The fourth-order valence-electron chi connectivity index (χ4n) is 3.18. The quantitative estimate of drug-likeness (QED) is 0.341. The Labute approximate surface area is 192 Å². The van der Waals surface area contributed by atoms with E-state index in [0.717, 1.165) is 21.9 Å². The minimum atomic E-state index is -0.276. The number of rotatable bonds is 8. The van der Waals surface area contributed by atoms with Gasteiger partial charge in [-0.25, -0.2) is 0 Å². The summed E-state index contributed by atoms with van der Waals surface area (Å²) in [5.41, 5.74) is 2.58. The normalized spacial score (nSPS) is 10.9. The molecular weight excluding hydrogens is 442 g/mol. The van der Waals surface area contributed by atoms with Crippen molar-refractivity contribution in [2.45, 2.75) is 0 Å². The van der Waals surface area contributed by atoms with Gasteiger partial charge in [0.1, 0.15) is 12.4 Å². The molecule has 0 saturated carbocycles. The van der Waals surface area contributed by atoms with Crippen LogP contribution in [-0.4, -0.2) is 56.2 Å². The molecule has 4 aromatic heterocycles. The van der Waals surface area contributed by atoms with E-state index >= 15 is 0 Å². The highest BCUT2D eigenvalue weighted by atomic mass is 32.1. The summed E-state index contributed by atoms with van der Waals surface area (Å²) >= 11 is 1.58. The van der Waals surface area contributed by atoms with Gasteiger partial charge < -0.3 is 14.8 Å². The van der Waals surface area contributed by atoms with E-state index in [-0.39, 0.29) is 12.5 Å². The van der Waals surface area contributed by atoms with Gasteiger partial charge in [0.2, 0.25) is 5.88 Å². The number of benzene rings is 1. The maximum atomic E-state index is 12.3. The molecule has 0 fully saturated rings. The Balaban J connectivity index is 1.20. The number of amides is 1. The Morgan fingerprint density at radius 3 is 2.82 bits per heavy atom. The van der Waals surface area contributed by atoms with E-state index < -0.39 is 0 Å². The van der Waals surface area contributed by atoms with Crippen LogP contribution in [0.15, 0.2) is 60.0 Å². The number of methoxy groups -OCH3 is 1. The zero-order valence-corrected chi connectivity index (χ0v) is 18.4. The van der Waals surface area contributed by atoms with Gasteiger partial charge in [-0.05, 0) is 47.8 Å². The minimum Gasteiger partial charge on any atom is -0.497 e. The lowest BCUT2D eigenvalue weighted by atomic mass is 10.2. The Morgan fingerprint density at radius 2 is 2.03 bits per heavy atom. The van der Waals surface area contributed by atoms with Gasteiger partial charge in [0.25, 0.3) is 5.91 Å². The number of ether oxygens (including phenoxy) is 2. The highest BCUT2D eigenvalue weighted by molar-refractivity contribution is 7.13. The van der Waals surface area contributed by atoms with Gasteiger partial charge in [-0.3, -0.25) is 9.89 Å². The molecule has 4 heterocycles. The summed E-state index contributed by atoms with van der Waals surface area (Å²) < 4.78 is 12.5. The van der Waals surface area contributed by atoms with Gasteiger partial charge in [0.15, 0.2) is 17.2 Å². The third-order valence-corrected chi connectivity index (χ3v) is 5.72. The molecule has 5 rings (SSSR count). The number of fused-ring (bicyclic) bond motifs is 1. The third kappa shape index (κ3) is 4.39. The van der Waals surface area contributed by atoms with Crippen molar-refractivity contribution in [3.8, 4) is 33.6 Å². The highest BCUT2D eigenvalue weighted by Gasteiger charge is 2.13. The second-order valence-corrected chi connectivity index (χ2v) is 7.89. The summed E-state index contributed by atoms with van der Waals surface area (Å²) in [4.78, 5) is 13.4. The number of H-pyrrole nitrogens is 1. The van der Waals surface area contributed by atoms with Crippen molar-refractivity contribution in [3.05, 3.63) is 65.7 Å². The Hall–Kier alpha value is -4.25. The van der Waals surface area contributed by atoms with E-state index in [9.17, 15) is 4.79 Å². The molecule has 0 saturated heterocycles. The van der Waals surface area contributed by atoms with Gasteiger partial charge in [-0.1, -0.05) is 6.07 Å². The van der Waals surface area contributed by atoms with Crippen molar-refractivity contribution in [1.29, 1.82) is 0 Å². The SMILES string of the molecule is COc1ccc(-c2nnc3ccc(OCCNC(=O)c4cc(-c5cccs5)[nH]n4)nn23)cc1. The monoisotopic (exact) mass is 461 g/mol. The predicted octanol–water partition coefficient (Wildman–Crippen LogP) is 3.06. The average Bonchev–Trinajstić information content (AvgIpc) is 3.62. The second kappa shape index (κ2) is 9.09. The van der Waals surface area contributed by atoms with Crippen molar-refractivity contribution >= 4 is 22.9 Å². The number of aromatic amines is 1. The van der Waals surface area contributed by atoms with Crippen molar-refractivity contribution in [3.63, 3.8) is 0 Å². The van der Waals surface area contributed by atoms with Crippen LogP contribution < -0.4 is 14.8 Å². The fourth-order valence-corrected chi connectivity index (χ4v) is 3.87. The lowest BCUT2D eigenvalue weighted by Gasteiger charge is -2.07. The van der Waals surface area contributed by atoms with Crippen LogP contribution in [0.25, 0.3) is 27.6 Å². The second-order valence-electron chi connectivity index (χ2n) is 6.94. The summed E-state index contributed by atoms with van der Waals surface area (Å²) in [6.07, 6.45) is 0. The van der Waals surface area contributed by atoms with E-state index in [4.69, 9.17) is 9.47 Å². The maximum absolute atomic E-state index is 12.3. The van der Waals surface area contributed by atoms with Crippen LogP contribution >= 0.6 is 11.3 Å². The van der Waals surface area contributed by atoms with E-state index in [0.29, 0.717) is 29.6 Å². The Bertz CT molecular complexity index is 1380. The topological polar surface area (TPSA) is 119 Å². The summed E-state index contributed by atoms with van der Waals surface area (Å²) in [5.74, 6) is 1.46. The molecule has 1 amide bonds. The molecule has 0 radical (unpaired) electrons. The summed E-state index contributed by atoms with van der Waals surface area (Å²) in [7, 11) is 1.62. The van der Waals surface area contributed by atoms with Crippen molar-refractivity contribution in [1.82, 2.24) is 35.3 Å². The third-order valence-electron chi connectivity index (χ3n) is 4.82. The van der Waals surface area contributed by atoms with Gasteiger partial charge in [0.05, 0.1) is 24.2 Å². The number of thiophene rings is 1. The maximum Gasteiger partial charge on any atom is 0.271 e. The van der Waals surface area contributed by atoms with Crippen molar-refractivity contribution in [2.75, 3.05) is 20.3 Å². The first-order valence-electron chi connectivity index (χ1n) is 10.1. The van der Waals surface area contributed by atoms with E-state index in [1.807, 2.05) is 41.8 Å². The zero-order chi connectivity index (χ0) is 22.6. The summed E-state index contributed by atoms with van der Waals surface area (Å²) in [6.45, 7) is 0.541. The molecule has 33 heavy (non-hydrogen) atoms. The molecule has 1 aromatic carbocycles. The van der Waals surface area contributed by atoms with Crippen molar-refractivity contribution in [2.24, 2.45) is 0 Å². The first-order chi connectivity index (χ1) is 16.2. The van der Waals surface area contributed by atoms with Crippen LogP contribution in [0.1, 0.15) is 10.5 Å². The number of nitrogens with zero attached hydrogens (tertiary/aromatic N) is 5. The standard InChI is InChI=1S/C22H19N7O3S/c1-31-15-6-4-14(5-7-15)21-27-26-19-8-9-20(28-29(19)21)32-11-10-23-22(30)17-13-16(24-25-17)18-3-2-12-33-18/h2-9,12-13H,10-11H2,1H3,(H,23,30)(H,24,25). The van der Waals surface area contributed by atoms with Crippen LogP contribution in [0.3, 0.4) is 0 Å². The summed E-state index contributed by atoms with van der Waals surface area (Å²) in [6, 6.07) is 16.6. The molecule has 0 bridgehead atoms. The first kappa shape index (κ1) is 20.6. The van der Waals surface area contributed by atoms with Crippen LogP contribution in [-0.2, 0) is 0 Å². The first-order valence-corrected chi connectivity index (χ1v) is 11.0. The number of hydrogen-bond donors (Lipinski definition) is 2. The van der Waals surface area contributed by atoms with Crippen LogP contribution in [0.5, 0.6) is 11.6 Å². The van der Waals surface area contributed by atoms with Crippen LogP contribution in [0, 0.1) is 0 Å². The molecule has 0 aliphatic rings. The number of aromatic nitrogens is 6. The average molecular weight is 462 g/mol. The largest absolute Gasteiger partial charge is 0.497 e. The Morgan fingerprint density at radius 1 is 1.15 bits per heavy atom. The lowest BCUT2D eigenvalue weighted by Crippen LogP contribution is -2.28. The molecule has 2 N–H and O–H groups in total. The van der Waals surface area contributed by atoms with Gasteiger partial charge >= 0.3 is 0 Å². The van der Waals surface area contributed by atoms with Gasteiger partial charge in [0, 0.05) is 11.6 Å². The molecule has 0 unspecified atom stereocenters. The van der Waals surface area contributed by atoms with Crippen molar-refractivity contribution < 1.29 is 14.3 Å². The smallest absolute Gasteiger partial charge is 0.271 e. The molecule has 10 nitrogen and oxygen atoms in total.